The van der Waals surface area contributed by atoms with Crippen LogP contribution in [0.2, 0.25) is 0 Å². The first kappa shape index (κ1) is 14.6. The molecule has 0 unspecified atom stereocenters. The number of carboxylic acids is 1. The van der Waals surface area contributed by atoms with E-state index >= 15 is 0 Å². The Morgan fingerprint density at radius 2 is 2.05 bits per heavy atom. The van der Waals surface area contributed by atoms with E-state index in [9.17, 15) is 14.7 Å². The average molecular weight is 264 g/mol. The van der Waals surface area contributed by atoms with Crippen LogP contribution in [0.4, 0.5) is 10.5 Å². The molecule has 0 atom stereocenters. The summed E-state index contributed by atoms with van der Waals surface area (Å²) in [5, 5.41) is 20.8. The fourth-order valence-corrected chi connectivity index (χ4v) is 1.49. The molecule has 1 rings (SSSR count). The molecule has 102 valence electrons. The van der Waals surface area contributed by atoms with Crippen LogP contribution in [-0.2, 0) is 0 Å². The Morgan fingerprint density at radius 3 is 2.53 bits per heavy atom. The summed E-state index contributed by atoms with van der Waals surface area (Å²) in [6, 6.07) is 3.46. The van der Waals surface area contributed by atoms with Crippen molar-refractivity contribution in [2.24, 2.45) is 0 Å². The highest BCUT2D eigenvalue weighted by Crippen LogP contribution is 2.22. The van der Waals surface area contributed by atoms with E-state index in [2.05, 4.69) is 11.9 Å². The number of rotatable bonds is 4. The van der Waals surface area contributed by atoms with Crippen LogP contribution in [0.3, 0.4) is 0 Å². The highest BCUT2D eigenvalue weighted by atomic mass is 16.4. The van der Waals surface area contributed by atoms with Gasteiger partial charge in [0.2, 0.25) is 0 Å². The van der Waals surface area contributed by atoms with Crippen molar-refractivity contribution in [1.29, 1.82) is 0 Å². The maximum absolute atomic E-state index is 11.8. The van der Waals surface area contributed by atoms with E-state index in [0.29, 0.717) is 12.2 Å². The van der Waals surface area contributed by atoms with E-state index in [-0.39, 0.29) is 11.6 Å². The number of carbonyl (C=O) groups excluding carboxylic acids is 1. The summed E-state index contributed by atoms with van der Waals surface area (Å²) < 4.78 is 0. The largest absolute Gasteiger partial charge is 0.507 e. The minimum Gasteiger partial charge on any atom is -0.507 e. The Morgan fingerprint density at radius 1 is 1.42 bits per heavy atom. The van der Waals surface area contributed by atoms with Gasteiger partial charge in [0.1, 0.15) is 11.3 Å². The van der Waals surface area contributed by atoms with Crippen LogP contribution in [0.25, 0.3) is 0 Å². The van der Waals surface area contributed by atoms with Crippen LogP contribution in [0, 0.1) is 0 Å². The van der Waals surface area contributed by atoms with Gasteiger partial charge in [-0.1, -0.05) is 12.2 Å². The molecule has 0 aliphatic rings. The highest BCUT2D eigenvalue weighted by molar-refractivity contribution is 5.93. The third-order valence-corrected chi connectivity index (χ3v) is 2.33. The van der Waals surface area contributed by atoms with Crippen molar-refractivity contribution < 1.29 is 19.8 Å². The minimum absolute atomic E-state index is 0.215. The van der Waals surface area contributed by atoms with Gasteiger partial charge < -0.3 is 20.4 Å². The van der Waals surface area contributed by atoms with Crippen molar-refractivity contribution in [1.82, 2.24) is 4.90 Å². The SMILES string of the molecule is C=C(C)CN(C)C(=O)Nc1ccc(C(=O)O)c(O)c1. The third-order valence-electron chi connectivity index (χ3n) is 2.33. The molecular weight excluding hydrogens is 248 g/mol. The lowest BCUT2D eigenvalue weighted by Gasteiger charge is -2.18. The van der Waals surface area contributed by atoms with Crippen molar-refractivity contribution in [3.8, 4) is 5.75 Å². The molecule has 1 aromatic carbocycles. The maximum Gasteiger partial charge on any atom is 0.339 e. The number of carbonyl (C=O) groups is 2. The molecule has 2 amide bonds. The molecule has 0 aliphatic carbocycles. The number of aromatic carboxylic acids is 1. The second-order valence-electron chi connectivity index (χ2n) is 4.28. The zero-order valence-corrected chi connectivity index (χ0v) is 10.8. The molecular formula is C13H16N2O4. The first-order valence-electron chi connectivity index (χ1n) is 5.54. The van der Waals surface area contributed by atoms with Gasteiger partial charge in [-0.2, -0.15) is 0 Å². The van der Waals surface area contributed by atoms with Gasteiger partial charge in [0, 0.05) is 25.3 Å². The van der Waals surface area contributed by atoms with Crippen LogP contribution in [-0.4, -0.2) is 40.7 Å². The topological polar surface area (TPSA) is 89.9 Å². The number of carboxylic acid groups (broad SMARTS) is 1. The molecule has 6 nitrogen and oxygen atoms in total. The van der Waals surface area contributed by atoms with Crippen LogP contribution in [0.1, 0.15) is 17.3 Å². The van der Waals surface area contributed by atoms with Gasteiger partial charge in [0.05, 0.1) is 0 Å². The van der Waals surface area contributed by atoms with Gasteiger partial charge in [0.25, 0.3) is 0 Å². The molecule has 0 aromatic heterocycles. The molecule has 1 aromatic rings. The number of urea groups is 1. The molecule has 0 saturated heterocycles. The van der Waals surface area contributed by atoms with Gasteiger partial charge in [-0.15, -0.1) is 0 Å². The second kappa shape index (κ2) is 5.90. The van der Waals surface area contributed by atoms with E-state index < -0.39 is 11.7 Å². The highest BCUT2D eigenvalue weighted by Gasteiger charge is 2.12. The molecule has 0 aliphatic heterocycles. The zero-order valence-electron chi connectivity index (χ0n) is 10.8. The number of nitrogens with one attached hydrogen (secondary N) is 1. The first-order valence-corrected chi connectivity index (χ1v) is 5.54. The second-order valence-corrected chi connectivity index (χ2v) is 4.28. The quantitative estimate of drug-likeness (QED) is 0.727. The number of likely N-dealkylation sites (N-methyl/N-ethyl adjacent to an activating group) is 1. The number of benzene rings is 1. The number of aromatic hydroxyl groups is 1. The van der Waals surface area contributed by atoms with Gasteiger partial charge in [-0.3, -0.25) is 0 Å². The molecule has 19 heavy (non-hydrogen) atoms. The molecule has 0 fully saturated rings. The molecule has 3 N–H and O–H groups in total. The van der Waals surface area contributed by atoms with Gasteiger partial charge in [-0.05, 0) is 19.1 Å². The molecule has 0 heterocycles. The number of phenols is 1. The standard InChI is InChI=1S/C13H16N2O4/c1-8(2)7-15(3)13(19)14-9-4-5-10(12(17)18)11(16)6-9/h4-6,16H,1,7H2,2-3H3,(H,14,19)(H,17,18). The molecule has 0 spiro atoms. The van der Waals surface area contributed by atoms with Gasteiger partial charge in [-0.25, -0.2) is 9.59 Å². The molecule has 0 radical (unpaired) electrons. The van der Waals surface area contributed by atoms with E-state index in [1.165, 1.54) is 23.1 Å². The Kier molecular flexibility index (Phi) is 4.52. The van der Waals surface area contributed by atoms with Crippen LogP contribution in [0.5, 0.6) is 5.75 Å². The summed E-state index contributed by atoms with van der Waals surface area (Å²) in [7, 11) is 1.61. The normalized spacial score (nSPS) is 9.79. The summed E-state index contributed by atoms with van der Waals surface area (Å²) >= 11 is 0. The zero-order chi connectivity index (χ0) is 14.6. The fraction of sp³-hybridized carbons (Fsp3) is 0.231. The number of hydrogen-bond donors (Lipinski definition) is 3. The Bertz CT molecular complexity index is 525. The van der Waals surface area contributed by atoms with Gasteiger partial charge in [0.15, 0.2) is 0 Å². The van der Waals surface area contributed by atoms with Crippen molar-refractivity contribution in [2.45, 2.75) is 6.92 Å². The lowest BCUT2D eigenvalue weighted by molar-refractivity contribution is 0.0694. The van der Waals surface area contributed by atoms with Crippen LogP contribution < -0.4 is 5.32 Å². The monoisotopic (exact) mass is 264 g/mol. The first-order chi connectivity index (χ1) is 8.81. The van der Waals surface area contributed by atoms with Crippen molar-refractivity contribution in [2.75, 3.05) is 18.9 Å². The van der Waals surface area contributed by atoms with E-state index in [0.717, 1.165) is 5.57 Å². The van der Waals surface area contributed by atoms with Crippen LogP contribution >= 0.6 is 0 Å². The summed E-state index contributed by atoms with van der Waals surface area (Å²) in [4.78, 5) is 23.9. The molecule has 6 heteroatoms. The van der Waals surface area contributed by atoms with E-state index in [1.54, 1.807) is 14.0 Å². The molecule has 0 bridgehead atoms. The maximum atomic E-state index is 11.8. The molecule has 0 saturated carbocycles. The Balaban J connectivity index is 2.78. The summed E-state index contributed by atoms with van der Waals surface area (Å²) in [5.41, 5.74) is 0.941. The number of anilines is 1. The van der Waals surface area contributed by atoms with Crippen molar-refractivity contribution >= 4 is 17.7 Å². The Labute approximate surface area is 111 Å². The summed E-state index contributed by atoms with van der Waals surface area (Å²) in [6.45, 7) is 5.91. The number of nitrogens with zero attached hydrogens (tertiary/aromatic N) is 1. The predicted molar refractivity (Wildman–Crippen MR) is 71.5 cm³/mol. The lowest BCUT2D eigenvalue weighted by atomic mass is 10.2. The van der Waals surface area contributed by atoms with Crippen molar-refractivity contribution in [3.05, 3.63) is 35.9 Å². The summed E-state index contributed by atoms with van der Waals surface area (Å²) in [6.07, 6.45) is 0. The van der Waals surface area contributed by atoms with E-state index in [4.69, 9.17) is 5.11 Å². The van der Waals surface area contributed by atoms with Crippen molar-refractivity contribution in [3.63, 3.8) is 0 Å². The smallest absolute Gasteiger partial charge is 0.339 e. The lowest BCUT2D eigenvalue weighted by Crippen LogP contribution is -2.32. The number of hydrogen-bond acceptors (Lipinski definition) is 3. The fourth-order valence-electron chi connectivity index (χ4n) is 1.49. The van der Waals surface area contributed by atoms with Crippen LogP contribution in [0.15, 0.2) is 30.4 Å². The number of amides is 2. The predicted octanol–water partition coefficient (Wildman–Crippen LogP) is 2.13. The summed E-state index contributed by atoms with van der Waals surface area (Å²) in [5.74, 6) is -1.62. The average Bonchev–Trinajstić information content (AvgIpc) is 2.27. The third kappa shape index (κ3) is 4.02. The minimum atomic E-state index is -1.23. The van der Waals surface area contributed by atoms with Gasteiger partial charge >= 0.3 is 12.0 Å². The van der Waals surface area contributed by atoms with E-state index in [1.807, 2.05) is 0 Å². The Hall–Kier alpha value is -2.50.